The average Bonchev–Trinajstić information content (AvgIpc) is 2.45. The van der Waals surface area contributed by atoms with Crippen LogP contribution in [0.15, 0.2) is 48.5 Å². The summed E-state index contributed by atoms with van der Waals surface area (Å²) in [5.74, 6) is -1.35. The molecule has 0 fully saturated rings. The standard InChI is InChI=1S/C14H10FIN2O2/c15-11-6-4-9(5-7-11)13(19)17-18-14(20)10-2-1-3-12(16)8-10/h1-8H,(H,17,19)(H,18,20). The zero-order valence-electron chi connectivity index (χ0n) is 10.2. The Morgan fingerprint density at radius 2 is 1.50 bits per heavy atom. The van der Waals surface area contributed by atoms with Crippen molar-refractivity contribution in [2.75, 3.05) is 0 Å². The number of hydrogen-bond acceptors (Lipinski definition) is 2. The van der Waals surface area contributed by atoms with Crippen LogP contribution >= 0.6 is 22.6 Å². The predicted octanol–water partition coefficient (Wildman–Crippen LogP) is 2.51. The highest BCUT2D eigenvalue weighted by Crippen LogP contribution is 2.07. The van der Waals surface area contributed by atoms with Gasteiger partial charge < -0.3 is 0 Å². The number of halogens is 2. The fraction of sp³-hybridized carbons (Fsp3) is 0. The van der Waals surface area contributed by atoms with Crippen LogP contribution in [0, 0.1) is 9.39 Å². The Morgan fingerprint density at radius 3 is 2.10 bits per heavy atom. The van der Waals surface area contributed by atoms with Gasteiger partial charge in [0.2, 0.25) is 0 Å². The van der Waals surface area contributed by atoms with Crippen molar-refractivity contribution in [3.8, 4) is 0 Å². The first-order valence-electron chi connectivity index (χ1n) is 5.68. The maximum absolute atomic E-state index is 12.7. The van der Waals surface area contributed by atoms with E-state index in [-0.39, 0.29) is 5.56 Å². The molecule has 0 unspecified atom stereocenters. The number of nitrogens with one attached hydrogen (secondary N) is 2. The van der Waals surface area contributed by atoms with Gasteiger partial charge in [-0.1, -0.05) is 6.07 Å². The fourth-order valence-corrected chi connectivity index (χ4v) is 2.03. The number of amides is 2. The minimum Gasteiger partial charge on any atom is -0.267 e. The van der Waals surface area contributed by atoms with Crippen LogP contribution in [0.4, 0.5) is 4.39 Å². The number of hydrogen-bond donors (Lipinski definition) is 2. The van der Waals surface area contributed by atoms with Crippen LogP contribution in [0.25, 0.3) is 0 Å². The second kappa shape index (κ2) is 6.47. The smallest absolute Gasteiger partial charge is 0.267 e. The molecule has 0 aliphatic heterocycles. The summed E-state index contributed by atoms with van der Waals surface area (Å²) in [6.07, 6.45) is 0. The van der Waals surface area contributed by atoms with Crippen molar-refractivity contribution in [3.63, 3.8) is 0 Å². The van der Waals surface area contributed by atoms with E-state index in [0.717, 1.165) is 3.57 Å². The van der Waals surface area contributed by atoms with Gasteiger partial charge in [-0.05, 0) is 65.1 Å². The van der Waals surface area contributed by atoms with E-state index in [4.69, 9.17) is 0 Å². The van der Waals surface area contributed by atoms with E-state index >= 15 is 0 Å². The highest BCUT2D eigenvalue weighted by Gasteiger charge is 2.09. The Morgan fingerprint density at radius 1 is 0.900 bits per heavy atom. The molecule has 0 atom stereocenters. The fourth-order valence-electron chi connectivity index (χ4n) is 1.49. The normalized spacial score (nSPS) is 9.90. The summed E-state index contributed by atoms with van der Waals surface area (Å²) < 4.78 is 13.6. The number of carbonyl (C=O) groups excluding carboxylic acids is 2. The van der Waals surface area contributed by atoms with Crippen LogP contribution in [-0.4, -0.2) is 11.8 Å². The molecule has 2 N–H and O–H groups in total. The summed E-state index contributed by atoms with van der Waals surface area (Å²) in [7, 11) is 0. The number of benzene rings is 2. The van der Waals surface area contributed by atoms with Gasteiger partial charge in [0.1, 0.15) is 5.82 Å². The molecule has 0 heterocycles. The number of carbonyl (C=O) groups is 2. The van der Waals surface area contributed by atoms with Crippen LogP contribution in [-0.2, 0) is 0 Å². The topological polar surface area (TPSA) is 58.2 Å². The maximum Gasteiger partial charge on any atom is 0.269 e. The zero-order chi connectivity index (χ0) is 14.5. The lowest BCUT2D eigenvalue weighted by atomic mass is 10.2. The Hall–Kier alpha value is -1.96. The van der Waals surface area contributed by atoms with Gasteiger partial charge in [-0.3, -0.25) is 20.4 Å². The minimum absolute atomic E-state index is 0.259. The van der Waals surface area contributed by atoms with Crippen molar-refractivity contribution in [2.24, 2.45) is 0 Å². The van der Waals surface area contributed by atoms with Crippen molar-refractivity contribution < 1.29 is 14.0 Å². The van der Waals surface area contributed by atoms with Crippen molar-refractivity contribution in [3.05, 3.63) is 69.0 Å². The zero-order valence-corrected chi connectivity index (χ0v) is 12.3. The third-order valence-corrected chi connectivity index (χ3v) is 3.15. The van der Waals surface area contributed by atoms with Gasteiger partial charge in [-0.2, -0.15) is 0 Å². The first-order valence-corrected chi connectivity index (χ1v) is 6.76. The molecule has 0 aliphatic rings. The molecule has 6 heteroatoms. The summed E-state index contributed by atoms with van der Waals surface area (Å²) >= 11 is 2.09. The lowest BCUT2D eigenvalue weighted by Gasteiger charge is -2.07. The largest absolute Gasteiger partial charge is 0.269 e. The Balaban J connectivity index is 1.96. The molecule has 2 rings (SSSR count). The van der Waals surface area contributed by atoms with Crippen molar-refractivity contribution in [2.45, 2.75) is 0 Å². The molecule has 0 aromatic heterocycles. The van der Waals surface area contributed by atoms with Gasteiger partial charge >= 0.3 is 0 Å². The third-order valence-electron chi connectivity index (χ3n) is 2.48. The van der Waals surface area contributed by atoms with E-state index in [1.54, 1.807) is 18.2 Å². The highest BCUT2D eigenvalue weighted by atomic mass is 127. The molecule has 0 bridgehead atoms. The van der Waals surface area contributed by atoms with Crippen molar-refractivity contribution >= 4 is 34.4 Å². The molecule has 2 aromatic carbocycles. The molecule has 102 valence electrons. The lowest BCUT2D eigenvalue weighted by Crippen LogP contribution is -2.41. The van der Waals surface area contributed by atoms with E-state index in [1.807, 2.05) is 6.07 Å². The Labute approximate surface area is 128 Å². The van der Waals surface area contributed by atoms with E-state index in [1.165, 1.54) is 24.3 Å². The van der Waals surface area contributed by atoms with E-state index in [2.05, 4.69) is 33.4 Å². The van der Waals surface area contributed by atoms with Crippen molar-refractivity contribution in [1.29, 1.82) is 0 Å². The van der Waals surface area contributed by atoms with Gasteiger partial charge in [0.25, 0.3) is 11.8 Å². The summed E-state index contributed by atoms with van der Waals surface area (Å²) in [6.45, 7) is 0. The Kier molecular flexibility index (Phi) is 4.67. The van der Waals surface area contributed by atoms with E-state index in [9.17, 15) is 14.0 Å². The molecule has 20 heavy (non-hydrogen) atoms. The van der Waals surface area contributed by atoms with Crippen molar-refractivity contribution in [1.82, 2.24) is 10.9 Å². The summed E-state index contributed by atoms with van der Waals surface area (Å²) in [4.78, 5) is 23.5. The van der Waals surface area contributed by atoms with Crippen LogP contribution < -0.4 is 10.9 Å². The predicted molar refractivity (Wildman–Crippen MR) is 80.5 cm³/mol. The second-order valence-electron chi connectivity index (χ2n) is 3.93. The van der Waals surface area contributed by atoms with Gasteiger partial charge in [0.15, 0.2) is 0 Å². The molecule has 2 amide bonds. The molecule has 0 spiro atoms. The van der Waals surface area contributed by atoms with Gasteiger partial charge in [-0.25, -0.2) is 4.39 Å². The molecular weight excluding hydrogens is 374 g/mol. The minimum atomic E-state index is -0.510. The first kappa shape index (κ1) is 14.4. The van der Waals surface area contributed by atoms with Gasteiger partial charge in [0.05, 0.1) is 0 Å². The molecule has 4 nitrogen and oxygen atoms in total. The summed E-state index contributed by atoms with van der Waals surface area (Å²) in [5.41, 5.74) is 5.28. The van der Waals surface area contributed by atoms with E-state index in [0.29, 0.717) is 5.56 Å². The lowest BCUT2D eigenvalue weighted by molar-refractivity contribution is 0.0846. The van der Waals surface area contributed by atoms with Crippen LogP contribution in [0.2, 0.25) is 0 Å². The first-order chi connectivity index (χ1) is 9.56. The maximum atomic E-state index is 12.7. The summed E-state index contributed by atoms with van der Waals surface area (Å²) in [5, 5.41) is 0. The van der Waals surface area contributed by atoms with Gasteiger partial charge in [0, 0.05) is 14.7 Å². The second-order valence-corrected chi connectivity index (χ2v) is 5.17. The molecule has 0 saturated carbocycles. The number of rotatable bonds is 2. The SMILES string of the molecule is O=C(NNC(=O)c1cccc(I)c1)c1ccc(F)cc1. The Bertz CT molecular complexity index is 644. The third kappa shape index (κ3) is 3.77. The summed E-state index contributed by atoms with van der Waals surface area (Å²) in [6, 6.07) is 12.0. The number of hydrazine groups is 1. The molecule has 0 aliphatic carbocycles. The quantitative estimate of drug-likeness (QED) is 0.618. The van der Waals surface area contributed by atoms with Crippen LogP contribution in [0.1, 0.15) is 20.7 Å². The average molecular weight is 384 g/mol. The molecule has 0 radical (unpaired) electrons. The molecule has 0 saturated heterocycles. The van der Waals surface area contributed by atoms with Crippen LogP contribution in [0.5, 0.6) is 0 Å². The molecular formula is C14H10FIN2O2. The van der Waals surface area contributed by atoms with Crippen LogP contribution in [0.3, 0.4) is 0 Å². The monoisotopic (exact) mass is 384 g/mol. The van der Waals surface area contributed by atoms with Gasteiger partial charge in [-0.15, -0.1) is 0 Å². The van der Waals surface area contributed by atoms with E-state index < -0.39 is 17.6 Å². The molecule has 2 aromatic rings. The highest BCUT2D eigenvalue weighted by molar-refractivity contribution is 14.1.